The van der Waals surface area contributed by atoms with Gasteiger partial charge in [-0.1, -0.05) is 42.1 Å². The van der Waals surface area contributed by atoms with Gasteiger partial charge in [0.1, 0.15) is 17.0 Å². The second-order valence-corrected chi connectivity index (χ2v) is 7.30. The number of amides is 1. The summed E-state index contributed by atoms with van der Waals surface area (Å²) in [7, 11) is 0. The molecule has 0 aliphatic carbocycles. The molecule has 1 amide bonds. The van der Waals surface area contributed by atoms with Gasteiger partial charge in [0.05, 0.1) is 4.91 Å². The molecular weight excluding hydrogens is 332 g/mol. The Morgan fingerprint density at radius 2 is 1.68 bits per heavy atom. The highest BCUT2D eigenvalue weighted by Gasteiger charge is 2.32. The van der Waals surface area contributed by atoms with Gasteiger partial charge in [-0.15, -0.1) is 0 Å². The van der Waals surface area contributed by atoms with Gasteiger partial charge < -0.3 is 10.1 Å². The Labute approximate surface area is 151 Å². The Kier molecular flexibility index (Phi) is 4.76. The van der Waals surface area contributed by atoms with E-state index in [0.717, 1.165) is 35.1 Å². The summed E-state index contributed by atoms with van der Waals surface area (Å²) >= 11 is 1.61. The highest BCUT2D eigenvalue weighted by atomic mass is 32.2. The molecule has 0 spiro atoms. The van der Waals surface area contributed by atoms with Crippen molar-refractivity contribution < 1.29 is 9.53 Å². The van der Waals surface area contributed by atoms with Crippen LogP contribution in [-0.4, -0.2) is 29.4 Å². The number of nitrogens with zero attached hydrogens (tertiary/aromatic N) is 1. The van der Waals surface area contributed by atoms with Crippen LogP contribution < -0.4 is 10.1 Å². The Hall–Kier alpha value is -2.24. The van der Waals surface area contributed by atoms with Crippen LogP contribution in [0, 0.1) is 0 Å². The highest BCUT2D eigenvalue weighted by molar-refractivity contribution is 8.05. The van der Waals surface area contributed by atoms with Crippen LogP contribution in [0.2, 0.25) is 0 Å². The van der Waals surface area contributed by atoms with Gasteiger partial charge in [0.2, 0.25) is 0 Å². The zero-order valence-electron chi connectivity index (χ0n) is 13.9. The summed E-state index contributed by atoms with van der Waals surface area (Å²) in [5, 5.41) is 3.07. The number of rotatable bonds is 4. The van der Waals surface area contributed by atoms with E-state index in [1.54, 1.807) is 11.8 Å². The van der Waals surface area contributed by atoms with Crippen LogP contribution in [0.15, 0.2) is 59.5 Å². The monoisotopic (exact) mass is 352 g/mol. The fraction of sp³-hybridized carbons (Fsp3) is 0.250. The molecule has 0 aromatic heterocycles. The van der Waals surface area contributed by atoms with E-state index in [2.05, 4.69) is 10.2 Å². The van der Waals surface area contributed by atoms with Crippen LogP contribution in [0.1, 0.15) is 18.4 Å². The van der Waals surface area contributed by atoms with E-state index in [9.17, 15) is 4.79 Å². The lowest BCUT2D eigenvalue weighted by molar-refractivity contribution is -0.117. The van der Waals surface area contributed by atoms with Crippen molar-refractivity contribution in [2.75, 3.05) is 13.1 Å². The fourth-order valence-corrected chi connectivity index (χ4v) is 4.17. The number of benzene rings is 2. The van der Waals surface area contributed by atoms with Gasteiger partial charge in [0, 0.05) is 13.1 Å². The van der Waals surface area contributed by atoms with Crippen molar-refractivity contribution in [1.29, 1.82) is 0 Å². The van der Waals surface area contributed by atoms with Crippen molar-refractivity contribution in [2.24, 2.45) is 0 Å². The van der Waals surface area contributed by atoms with Gasteiger partial charge in [0.25, 0.3) is 5.91 Å². The van der Waals surface area contributed by atoms with Gasteiger partial charge in [0.15, 0.2) is 0 Å². The average molecular weight is 352 g/mol. The van der Waals surface area contributed by atoms with E-state index in [-0.39, 0.29) is 11.4 Å². The SMILES string of the molecule is O=C1NC(N2CCCC2)S/C1=C\c1ccc(Oc2ccccc2)cc1. The number of hydrogen-bond donors (Lipinski definition) is 1. The maximum atomic E-state index is 12.2. The number of nitrogens with one attached hydrogen (secondary N) is 1. The first-order chi connectivity index (χ1) is 12.3. The molecule has 2 fully saturated rings. The first kappa shape index (κ1) is 16.2. The maximum Gasteiger partial charge on any atom is 0.259 e. The Morgan fingerprint density at radius 3 is 2.40 bits per heavy atom. The molecule has 1 N–H and O–H groups in total. The number of carbonyl (C=O) groups is 1. The molecule has 4 nitrogen and oxygen atoms in total. The van der Waals surface area contributed by atoms with Crippen LogP contribution in [0.3, 0.4) is 0 Å². The van der Waals surface area contributed by atoms with E-state index in [0.29, 0.717) is 0 Å². The molecule has 2 aliphatic rings. The van der Waals surface area contributed by atoms with Gasteiger partial charge in [-0.05, 0) is 48.7 Å². The van der Waals surface area contributed by atoms with Crippen molar-refractivity contribution in [2.45, 2.75) is 18.3 Å². The van der Waals surface area contributed by atoms with Crippen LogP contribution >= 0.6 is 11.8 Å². The summed E-state index contributed by atoms with van der Waals surface area (Å²) in [6.45, 7) is 2.13. The highest BCUT2D eigenvalue weighted by Crippen LogP contribution is 2.33. The average Bonchev–Trinajstić information content (AvgIpc) is 3.28. The molecule has 128 valence electrons. The predicted octanol–water partition coefficient (Wildman–Crippen LogP) is 4.06. The summed E-state index contributed by atoms with van der Waals surface area (Å²) in [5.41, 5.74) is 1.09. The van der Waals surface area contributed by atoms with E-state index in [1.165, 1.54) is 12.8 Å². The van der Waals surface area contributed by atoms with Crippen molar-refractivity contribution in [3.63, 3.8) is 0 Å². The maximum absolute atomic E-state index is 12.2. The fourth-order valence-electron chi connectivity index (χ4n) is 3.04. The smallest absolute Gasteiger partial charge is 0.259 e. The summed E-state index contributed by atoms with van der Waals surface area (Å²) in [5.74, 6) is 1.62. The zero-order valence-corrected chi connectivity index (χ0v) is 14.7. The standard InChI is InChI=1S/C20H20N2O2S/c23-19-18(25-20(21-19)22-12-4-5-13-22)14-15-8-10-17(11-9-15)24-16-6-2-1-3-7-16/h1-3,6-11,14,20H,4-5,12-13H2,(H,21,23)/b18-14-. The topological polar surface area (TPSA) is 41.6 Å². The van der Waals surface area contributed by atoms with E-state index < -0.39 is 0 Å². The van der Waals surface area contributed by atoms with E-state index in [1.807, 2.05) is 60.7 Å². The molecule has 1 atom stereocenters. The number of para-hydroxylation sites is 1. The molecule has 2 heterocycles. The Balaban J connectivity index is 1.43. The Morgan fingerprint density at radius 1 is 1.00 bits per heavy atom. The van der Waals surface area contributed by atoms with Crippen LogP contribution in [-0.2, 0) is 4.79 Å². The third-order valence-corrected chi connectivity index (χ3v) is 5.54. The van der Waals surface area contributed by atoms with E-state index >= 15 is 0 Å². The lowest BCUT2D eigenvalue weighted by Gasteiger charge is -2.21. The minimum Gasteiger partial charge on any atom is -0.457 e. The number of ether oxygens (including phenoxy) is 1. The molecule has 2 aromatic carbocycles. The number of carbonyl (C=O) groups excluding carboxylic acids is 1. The molecule has 25 heavy (non-hydrogen) atoms. The lowest BCUT2D eigenvalue weighted by atomic mass is 10.2. The number of hydrogen-bond acceptors (Lipinski definition) is 4. The van der Waals surface area contributed by atoms with Gasteiger partial charge in [-0.25, -0.2) is 0 Å². The summed E-state index contributed by atoms with van der Waals surface area (Å²) in [6.07, 6.45) is 4.38. The summed E-state index contributed by atoms with van der Waals surface area (Å²) in [4.78, 5) is 15.3. The van der Waals surface area contributed by atoms with Gasteiger partial charge >= 0.3 is 0 Å². The van der Waals surface area contributed by atoms with Crippen LogP contribution in [0.25, 0.3) is 6.08 Å². The second-order valence-electron chi connectivity index (χ2n) is 6.18. The quantitative estimate of drug-likeness (QED) is 0.843. The molecule has 0 saturated carbocycles. The predicted molar refractivity (Wildman–Crippen MR) is 101 cm³/mol. The Bertz CT molecular complexity index is 768. The first-order valence-corrected chi connectivity index (χ1v) is 9.42. The third kappa shape index (κ3) is 3.89. The van der Waals surface area contributed by atoms with Crippen molar-refractivity contribution in [3.8, 4) is 11.5 Å². The minimum atomic E-state index is 0.0199. The molecule has 0 bridgehead atoms. The number of likely N-dealkylation sites (tertiary alicyclic amines) is 1. The second kappa shape index (κ2) is 7.33. The van der Waals surface area contributed by atoms with Crippen molar-refractivity contribution in [3.05, 3.63) is 65.1 Å². The largest absolute Gasteiger partial charge is 0.457 e. The van der Waals surface area contributed by atoms with E-state index in [4.69, 9.17) is 4.74 Å². The normalized spacial score (nSPS) is 22.3. The minimum absolute atomic E-state index is 0.0199. The number of thioether (sulfide) groups is 1. The molecule has 0 radical (unpaired) electrons. The molecule has 5 heteroatoms. The molecule has 4 rings (SSSR count). The summed E-state index contributed by atoms with van der Waals surface area (Å²) < 4.78 is 5.80. The third-order valence-electron chi connectivity index (χ3n) is 4.35. The lowest BCUT2D eigenvalue weighted by Crippen LogP contribution is -2.39. The van der Waals surface area contributed by atoms with Crippen molar-refractivity contribution in [1.82, 2.24) is 10.2 Å². The molecule has 1 unspecified atom stereocenters. The van der Waals surface area contributed by atoms with Gasteiger partial charge in [-0.3, -0.25) is 9.69 Å². The van der Waals surface area contributed by atoms with Gasteiger partial charge in [-0.2, -0.15) is 0 Å². The first-order valence-electron chi connectivity index (χ1n) is 8.54. The molecule has 2 aromatic rings. The molecular formula is C20H20N2O2S. The van der Waals surface area contributed by atoms with Crippen LogP contribution in [0.4, 0.5) is 0 Å². The summed E-state index contributed by atoms with van der Waals surface area (Å²) in [6, 6.07) is 17.5. The van der Waals surface area contributed by atoms with Crippen LogP contribution in [0.5, 0.6) is 11.5 Å². The molecule has 2 aliphatic heterocycles. The van der Waals surface area contributed by atoms with Crippen molar-refractivity contribution >= 4 is 23.7 Å². The zero-order chi connectivity index (χ0) is 17.1. The molecule has 2 saturated heterocycles.